The lowest BCUT2D eigenvalue weighted by Gasteiger charge is -2.27. The highest BCUT2D eigenvalue weighted by molar-refractivity contribution is 5.75. The van der Waals surface area contributed by atoms with Crippen LogP contribution in [0.2, 0.25) is 0 Å². The van der Waals surface area contributed by atoms with Crippen LogP contribution in [-0.4, -0.2) is 28.3 Å². The molecule has 112 valence electrons. The van der Waals surface area contributed by atoms with E-state index in [1.54, 1.807) is 12.1 Å². The number of rotatable bonds is 6. The maximum atomic E-state index is 11.2. The molecule has 5 heteroatoms. The highest BCUT2D eigenvalue weighted by Crippen LogP contribution is 2.19. The van der Waals surface area contributed by atoms with Crippen LogP contribution in [0.25, 0.3) is 0 Å². The molecule has 5 nitrogen and oxygen atoms in total. The number of aliphatic hydroxyl groups excluding tert-OH is 1. The van der Waals surface area contributed by atoms with Crippen molar-refractivity contribution in [2.45, 2.75) is 31.2 Å². The summed E-state index contributed by atoms with van der Waals surface area (Å²) in [6.45, 7) is 0. The third-order valence-electron chi connectivity index (χ3n) is 3.48. The summed E-state index contributed by atoms with van der Waals surface area (Å²) in [5.74, 6) is -1.10. The summed E-state index contributed by atoms with van der Waals surface area (Å²) in [5.41, 5.74) is 7.23. The Hall–Kier alpha value is -1.95. The number of nitrogens with two attached hydrogens (primary N) is 1. The molecule has 1 aliphatic carbocycles. The van der Waals surface area contributed by atoms with Gasteiger partial charge in [-0.1, -0.05) is 48.6 Å². The van der Waals surface area contributed by atoms with Crippen molar-refractivity contribution in [3.8, 4) is 0 Å². The molecule has 0 amide bonds. The monoisotopic (exact) mass is 288 g/mol. The van der Waals surface area contributed by atoms with E-state index in [0.717, 1.165) is 18.4 Å². The minimum Gasteiger partial charge on any atom is -0.480 e. The van der Waals surface area contributed by atoms with Crippen molar-refractivity contribution in [1.29, 1.82) is 0 Å². The average Bonchev–Trinajstić information content (AvgIpc) is 2.53. The maximum absolute atomic E-state index is 11.2. The van der Waals surface area contributed by atoms with Crippen molar-refractivity contribution >= 4 is 5.97 Å². The highest BCUT2D eigenvalue weighted by atomic mass is 16.4. The summed E-state index contributed by atoms with van der Waals surface area (Å²) in [6, 6.07) is 7.24. The largest absolute Gasteiger partial charge is 0.480 e. The van der Waals surface area contributed by atoms with E-state index in [-0.39, 0.29) is 0 Å². The molecule has 5 N–H and O–H groups in total. The molecule has 1 aliphatic rings. The summed E-state index contributed by atoms with van der Waals surface area (Å²) >= 11 is 0. The average molecular weight is 288 g/mol. The van der Waals surface area contributed by atoms with Crippen LogP contribution in [0.4, 0.5) is 0 Å². The maximum Gasteiger partial charge on any atom is 0.322 e. The van der Waals surface area contributed by atoms with Crippen molar-refractivity contribution in [2.75, 3.05) is 0 Å². The second-order valence-corrected chi connectivity index (χ2v) is 5.01. The van der Waals surface area contributed by atoms with E-state index in [1.807, 2.05) is 36.4 Å². The first-order chi connectivity index (χ1) is 10.1. The van der Waals surface area contributed by atoms with E-state index in [2.05, 4.69) is 5.32 Å². The Balaban J connectivity index is 2.18. The van der Waals surface area contributed by atoms with Crippen LogP contribution >= 0.6 is 0 Å². The molecule has 0 bridgehead atoms. The van der Waals surface area contributed by atoms with Crippen molar-refractivity contribution in [1.82, 2.24) is 5.32 Å². The fraction of sp³-hybridized carbons (Fsp3) is 0.312. The summed E-state index contributed by atoms with van der Waals surface area (Å²) < 4.78 is 0. The predicted octanol–water partition coefficient (Wildman–Crippen LogP) is 1.32. The quantitative estimate of drug-likeness (QED) is 0.592. The van der Waals surface area contributed by atoms with Crippen LogP contribution in [0.5, 0.6) is 0 Å². The summed E-state index contributed by atoms with van der Waals surface area (Å²) in [5, 5.41) is 22.3. The molecule has 21 heavy (non-hydrogen) atoms. The molecule has 0 saturated heterocycles. The molecule has 3 unspecified atom stereocenters. The number of carboxylic acid groups (broad SMARTS) is 1. The van der Waals surface area contributed by atoms with Gasteiger partial charge in [-0.2, -0.15) is 0 Å². The van der Waals surface area contributed by atoms with E-state index in [1.165, 1.54) is 0 Å². The first kappa shape index (κ1) is 15.4. The topological polar surface area (TPSA) is 95.6 Å². The van der Waals surface area contributed by atoms with Crippen molar-refractivity contribution in [2.24, 2.45) is 5.73 Å². The van der Waals surface area contributed by atoms with Crippen LogP contribution in [0, 0.1) is 0 Å². The van der Waals surface area contributed by atoms with Crippen molar-refractivity contribution < 1.29 is 15.0 Å². The number of allylic oxidation sites excluding steroid dienone is 2. The standard InChI is InChI=1S/C16H20N2O3/c17-13(16(20)21)14(11-7-3-1-4-8-11)18-15(19)12-9-5-2-6-10-12/h2-3,5-10,13-15,18-19H,1,4,17H2,(H,20,21). The van der Waals surface area contributed by atoms with Gasteiger partial charge in [-0.05, 0) is 24.0 Å². The molecule has 0 aromatic heterocycles. The fourth-order valence-electron chi connectivity index (χ4n) is 2.32. The van der Waals surface area contributed by atoms with Crippen LogP contribution in [-0.2, 0) is 4.79 Å². The van der Waals surface area contributed by atoms with Crippen molar-refractivity contribution in [3.63, 3.8) is 0 Å². The third kappa shape index (κ3) is 4.01. The lowest BCUT2D eigenvalue weighted by Crippen LogP contribution is -2.51. The van der Waals surface area contributed by atoms with Crippen LogP contribution in [0.3, 0.4) is 0 Å². The molecular formula is C16H20N2O3. The third-order valence-corrected chi connectivity index (χ3v) is 3.48. The summed E-state index contributed by atoms with van der Waals surface area (Å²) in [7, 11) is 0. The number of carbonyl (C=O) groups is 1. The Morgan fingerprint density at radius 3 is 2.52 bits per heavy atom. The summed E-state index contributed by atoms with van der Waals surface area (Å²) in [6.07, 6.45) is 6.60. The Kier molecular flexibility index (Phi) is 5.27. The zero-order valence-electron chi connectivity index (χ0n) is 11.6. The summed E-state index contributed by atoms with van der Waals surface area (Å²) in [4.78, 5) is 11.2. The molecule has 0 spiro atoms. The Bertz CT molecular complexity index is 540. The molecule has 1 aromatic rings. The van der Waals surface area contributed by atoms with E-state index in [9.17, 15) is 9.90 Å². The number of nitrogens with one attached hydrogen (secondary N) is 1. The minimum absolute atomic E-state index is 0.644. The van der Waals surface area contributed by atoms with Gasteiger partial charge in [-0.3, -0.25) is 10.1 Å². The van der Waals surface area contributed by atoms with Gasteiger partial charge in [0.05, 0.1) is 6.04 Å². The minimum atomic E-state index is -1.13. The second-order valence-electron chi connectivity index (χ2n) is 5.01. The molecule has 2 rings (SSSR count). The number of aliphatic hydroxyl groups is 1. The molecular weight excluding hydrogens is 268 g/mol. The van der Waals surface area contributed by atoms with Crippen LogP contribution < -0.4 is 11.1 Å². The zero-order valence-corrected chi connectivity index (χ0v) is 11.6. The Labute approximate surface area is 123 Å². The van der Waals surface area contributed by atoms with Gasteiger partial charge in [0.25, 0.3) is 0 Å². The fourth-order valence-corrected chi connectivity index (χ4v) is 2.32. The van der Waals surface area contributed by atoms with E-state index >= 15 is 0 Å². The van der Waals surface area contributed by atoms with Gasteiger partial charge in [-0.15, -0.1) is 0 Å². The zero-order chi connectivity index (χ0) is 15.2. The van der Waals surface area contributed by atoms with Crippen LogP contribution in [0.15, 0.2) is 54.1 Å². The lowest BCUT2D eigenvalue weighted by molar-refractivity contribution is -0.139. The first-order valence-corrected chi connectivity index (χ1v) is 6.93. The van der Waals surface area contributed by atoms with E-state index < -0.39 is 24.3 Å². The lowest BCUT2D eigenvalue weighted by atomic mass is 9.94. The van der Waals surface area contributed by atoms with Gasteiger partial charge >= 0.3 is 5.97 Å². The SMILES string of the molecule is NC(C(=O)O)C(NC(O)c1ccccc1)C1=CCCC=C1. The normalized spacial score (nSPS) is 18.7. The molecule has 0 saturated carbocycles. The second kappa shape index (κ2) is 7.17. The van der Waals surface area contributed by atoms with Gasteiger partial charge in [0.2, 0.25) is 0 Å². The van der Waals surface area contributed by atoms with E-state index in [0.29, 0.717) is 5.56 Å². The smallest absolute Gasteiger partial charge is 0.322 e. The number of hydrogen-bond acceptors (Lipinski definition) is 4. The molecule has 0 aliphatic heterocycles. The first-order valence-electron chi connectivity index (χ1n) is 6.93. The van der Waals surface area contributed by atoms with E-state index in [4.69, 9.17) is 10.8 Å². The van der Waals surface area contributed by atoms with Crippen molar-refractivity contribution in [3.05, 3.63) is 59.7 Å². The van der Waals surface area contributed by atoms with Crippen LogP contribution in [0.1, 0.15) is 24.6 Å². The van der Waals surface area contributed by atoms with Gasteiger partial charge in [-0.25, -0.2) is 0 Å². The molecule has 3 atom stereocenters. The van der Waals surface area contributed by atoms with Gasteiger partial charge in [0.15, 0.2) is 0 Å². The molecule has 0 heterocycles. The molecule has 0 radical (unpaired) electrons. The Morgan fingerprint density at radius 2 is 1.95 bits per heavy atom. The molecule has 0 fully saturated rings. The van der Waals surface area contributed by atoms with Gasteiger partial charge < -0.3 is 15.9 Å². The van der Waals surface area contributed by atoms with Gasteiger partial charge in [0, 0.05) is 0 Å². The number of carboxylic acids is 1. The highest BCUT2D eigenvalue weighted by Gasteiger charge is 2.28. The van der Waals surface area contributed by atoms with Gasteiger partial charge in [0.1, 0.15) is 12.3 Å². The molecule has 1 aromatic carbocycles. The number of benzene rings is 1. The number of hydrogen-bond donors (Lipinski definition) is 4. The number of aliphatic carboxylic acids is 1. The Morgan fingerprint density at radius 1 is 1.24 bits per heavy atom. The predicted molar refractivity (Wildman–Crippen MR) is 80.4 cm³/mol.